The first-order valence-corrected chi connectivity index (χ1v) is 5.70. The Morgan fingerprint density at radius 2 is 2.00 bits per heavy atom. The molecule has 0 radical (unpaired) electrons. The number of benzene rings is 1. The van der Waals surface area contributed by atoms with Crippen molar-refractivity contribution in [2.45, 2.75) is 13.8 Å². The number of hydrogen-bond acceptors (Lipinski definition) is 2. The summed E-state index contributed by atoms with van der Waals surface area (Å²) in [6.07, 6.45) is 0. The molecule has 0 heterocycles. The maximum absolute atomic E-state index is 11.4. The number of halogens is 1. The molecule has 0 aliphatic heterocycles. The molecule has 0 aliphatic rings. The van der Waals surface area contributed by atoms with E-state index in [1.54, 1.807) is 6.07 Å². The number of Topliss-reactive ketones (excluding diaryl/α,β-unsaturated/α-hetero) is 1. The third kappa shape index (κ3) is 2.96. The SMILES string of the molecule is CCN(CC)c1cccc(C(=O)CCl)c1. The fraction of sp³-hybridized carbons (Fsp3) is 0.417. The third-order valence-corrected chi connectivity index (χ3v) is 2.66. The normalized spacial score (nSPS) is 10.1. The lowest BCUT2D eigenvalue weighted by molar-refractivity contribution is 0.102. The van der Waals surface area contributed by atoms with Gasteiger partial charge in [-0.3, -0.25) is 4.79 Å². The number of nitrogens with zero attached hydrogens (tertiary/aromatic N) is 1. The van der Waals surface area contributed by atoms with Crippen molar-refractivity contribution in [2.75, 3.05) is 23.9 Å². The van der Waals surface area contributed by atoms with Crippen LogP contribution in [-0.4, -0.2) is 24.8 Å². The quantitative estimate of drug-likeness (QED) is 0.567. The van der Waals surface area contributed by atoms with Gasteiger partial charge in [0.2, 0.25) is 0 Å². The van der Waals surface area contributed by atoms with Gasteiger partial charge < -0.3 is 4.90 Å². The molecule has 0 aliphatic carbocycles. The second-order valence-corrected chi connectivity index (χ2v) is 3.55. The van der Waals surface area contributed by atoms with Crippen LogP contribution in [0.2, 0.25) is 0 Å². The molecule has 1 aromatic rings. The summed E-state index contributed by atoms with van der Waals surface area (Å²) >= 11 is 5.52. The Balaban J connectivity index is 2.96. The minimum absolute atomic E-state index is 0.0225. The van der Waals surface area contributed by atoms with Crippen LogP contribution in [0.25, 0.3) is 0 Å². The summed E-state index contributed by atoms with van der Waals surface area (Å²) in [6.45, 7) is 6.07. The average molecular weight is 226 g/mol. The van der Waals surface area contributed by atoms with Crippen LogP contribution in [0.15, 0.2) is 24.3 Å². The molecular weight excluding hydrogens is 210 g/mol. The molecule has 0 saturated carbocycles. The van der Waals surface area contributed by atoms with Gasteiger partial charge in [0.15, 0.2) is 5.78 Å². The summed E-state index contributed by atoms with van der Waals surface area (Å²) in [5, 5.41) is 0. The molecule has 0 aromatic heterocycles. The van der Waals surface area contributed by atoms with Gasteiger partial charge in [-0.25, -0.2) is 0 Å². The molecule has 0 spiro atoms. The maximum atomic E-state index is 11.4. The number of rotatable bonds is 5. The van der Waals surface area contributed by atoms with Crippen LogP contribution in [0.4, 0.5) is 5.69 Å². The van der Waals surface area contributed by atoms with Crippen LogP contribution in [0.1, 0.15) is 24.2 Å². The van der Waals surface area contributed by atoms with Gasteiger partial charge in [-0.15, -0.1) is 11.6 Å². The van der Waals surface area contributed by atoms with E-state index in [0.717, 1.165) is 18.8 Å². The molecule has 0 atom stereocenters. The molecule has 2 nitrogen and oxygen atoms in total. The second kappa shape index (κ2) is 5.76. The lowest BCUT2D eigenvalue weighted by Gasteiger charge is -2.21. The molecule has 3 heteroatoms. The van der Waals surface area contributed by atoms with Gasteiger partial charge in [-0.1, -0.05) is 12.1 Å². The first-order chi connectivity index (χ1) is 7.22. The van der Waals surface area contributed by atoms with E-state index in [1.807, 2.05) is 18.2 Å². The van der Waals surface area contributed by atoms with Crippen LogP contribution in [0, 0.1) is 0 Å². The first-order valence-electron chi connectivity index (χ1n) is 5.17. The van der Waals surface area contributed by atoms with Gasteiger partial charge in [0.25, 0.3) is 0 Å². The van der Waals surface area contributed by atoms with Gasteiger partial charge in [-0.05, 0) is 26.0 Å². The number of ketones is 1. The summed E-state index contributed by atoms with van der Waals surface area (Å²) < 4.78 is 0. The highest BCUT2D eigenvalue weighted by molar-refractivity contribution is 6.30. The lowest BCUT2D eigenvalue weighted by atomic mass is 10.1. The molecule has 0 N–H and O–H groups in total. The maximum Gasteiger partial charge on any atom is 0.177 e. The van der Waals surface area contributed by atoms with Crippen molar-refractivity contribution in [3.05, 3.63) is 29.8 Å². The van der Waals surface area contributed by atoms with Crippen LogP contribution in [-0.2, 0) is 0 Å². The molecule has 0 amide bonds. The molecule has 0 fully saturated rings. The van der Waals surface area contributed by atoms with Crippen molar-refractivity contribution in [2.24, 2.45) is 0 Å². The van der Waals surface area contributed by atoms with Gasteiger partial charge in [0.1, 0.15) is 0 Å². The van der Waals surface area contributed by atoms with E-state index < -0.39 is 0 Å². The Labute approximate surface area is 95.8 Å². The van der Waals surface area contributed by atoms with Gasteiger partial charge in [0, 0.05) is 24.3 Å². The highest BCUT2D eigenvalue weighted by Crippen LogP contribution is 2.16. The summed E-state index contributed by atoms with van der Waals surface area (Å²) in [5.41, 5.74) is 1.77. The van der Waals surface area contributed by atoms with E-state index in [-0.39, 0.29) is 11.7 Å². The molecule has 0 unspecified atom stereocenters. The molecule has 1 rings (SSSR count). The van der Waals surface area contributed by atoms with Crippen molar-refractivity contribution < 1.29 is 4.79 Å². The number of carbonyl (C=O) groups excluding carboxylic acids is 1. The fourth-order valence-electron chi connectivity index (χ4n) is 1.54. The van der Waals surface area contributed by atoms with Gasteiger partial charge in [-0.2, -0.15) is 0 Å². The van der Waals surface area contributed by atoms with Crippen LogP contribution in [0.3, 0.4) is 0 Å². The summed E-state index contributed by atoms with van der Waals surface area (Å²) in [7, 11) is 0. The molecule has 1 aromatic carbocycles. The Bertz CT molecular complexity index is 334. The van der Waals surface area contributed by atoms with Crippen molar-refractivity contribution in [1.82, 2.24) is 0 Å². The van der Waals surface area contributed by atoms with E-state index in [0.29, 0.717) is 5.56 Å². The van der Waals surface area contributed by atoms with E-state index >= 15 is 0 Å². The number of hydrogen-bond donors (Lipinski definition) is 0. The molecule has 82 valence electrons. The largest absolute Gasteiger partial charge is 0.372 e. The van der Waals surface area contributed by atoms with Crippen molar-refractivity contribution in [3.8, 4) is 0 Å². The Kier molecular flexibility index (Phi) is 4.63. The predicted molar refractivity (Wildman–Crippen MR) is 65.1 cm³/mol. The standard InChI is InChI=1S/C12H16ClNO/c1-3-14(4-2)11-7-5-6-10(8-11)12(15)9-13/h5-8H,3-4,9H2,1-2H3. The monoisotopic (exact) mass is 225 g/mol. The lowest BCUT2D eigenvalue weighted by Crippen LogP contribution is -2.22. The number of anilines is 1. The Morgan fingerprint density at radius 3 is 2.53 bits per heavy atom. The molecule has 0 bridgehead atoms. The third-order valence-electron chi connectivity index (χ3n) is 2.42. The summed E-state index contributed by atoms with van der Waals surface area (Å²) in [4.78, 5) is 13.6. The average Bonchev–Trinajstić information content (AvgIpc) is 2.30. The number of alkyl halides is 1. The highest BCUT2D eigenvalue weighted by atomic mass is 35.5. The first kappa shape index (κ1) is 12.1. The minimum Gasteiger partial charge on any atom is -0.372 e. The van der Waals surface area contributed by atoms with Crippen LogP contribution < -0.4 is 4.90 Å². The van der Waals surface area contributed by atoms with E-state index in [1.165, 1.54) is 0 Å². The zero-order valence-corrected chi connectivity index (χ0v) is 9.92. The Hall–Kier alpha value is -1.02. The van der Waals surface area contributed by atoms with Crippen molar-refractivity contribution >= 4 is 23.1 Å². The fourth-order valence-corrected chi connectivity index (χ4v) is 1.70. The van der Waals surface area contributed by atoms with E-state index in [9.17, 15) is 4.79 Å². The summed E-state index contributed by atoms with van der Waals surface area (Å²) in [6, 6.07) is 7.61. The van der Waals surface area contributed by atoms with Crippen LogP contribution in [0.5, 0.6) is 0 Å². The number of carbonyl (C=O) groups is 1. The Morgan fingerprint density at radius 1 is 1.33 bits per heavy atom. The molecular formula is C12H16ClNO. The molecule has 15 heavy (non-hydrogen) atoms. The van der Waals surface area contributed by atoms with Crippen molar-refractivity contribution in [3.63, 3.8) is 0 Å². The predicted octanol–water partition coefficient (Wildman–Crippen LogP) is 2.95. The minimum atomic E-state index is -0.0225. The zero-order chi connectivity index (χ0) is 11.3. The van der Waals surface area contributed by atoms with Crippen molar-refractivity contribution in [1.29, 1.82) is 0 Å². The van der Waals surface area contributed by atoms with Gasteiger partial charge >= 0.3 is 0 Å². The second-order valence-electron chi connectivity index (χ2n) is 3.28. The summed E-state index contributed by atoms with van der Waals surface area (Å²) in [5.74, 6) is 0.0208. The molecule has 0 saturated heterocycles. The smallest absolute Gasteiger partial charge is 0.177 e. The van der Waals surface area contributed by atoms with Gasteiger partial charge in [0.05, 0.1) is 5.88 Å². The zero-order valence-electron chi connectivity index (χ0n) is 9.16. The topological polar surface area (TPSA) is 20.3 Å². The van der Waals surface area contributed by atoms with E-state index in [2.05, 4.69) is 18.7 Å². The van der Waals surface area contributed by atoms with Crippen LogP contribution >= 0.6 is 11.6 Å². The van der Waals surface area contributed by atoms with E-state index in [4.69, 9.17) is 11.6 Å². The highest BCUT2D eigenvalue weighted by Gasteiger charge is 2.07.